The number of hydrogen-bond donors (Lipinski definition) is 1. The topological polar surface area (TPSA) is 51.8 Å². The van der Waals surface area contributed by atoms with Crippen LogP contribution in [0.25, 0.3) is 0 Å². The molecule has 1 atom stereocenters. The molecule has 0 aliphatic rings. The summed E-state index contributed by atoms with van der Waals surface area (Å²) in [5.41, 5.74) is -0.151. The second kappa shape index (κ2) is 4.59. The van der Waals surface area contributed by atoms with Gasteiger partial charge in [-0.25, -0.2) is 0 Å². The summed E-state index contributed by atoms with van der Waals surface area (Å²) in [6, 6.07) is 1.80. The molecule has 1 heterocycles. The van der Waals surface area contributed by atoms with Crippen LogP contribution < -0.4 is 0 Å². The summed E-state index contributed by atoms with van der Waals surface area (Å²) >= 11 is 0. The van der Waals surface area contributed by atoms with Crippen LogP contribution in [-0.4, -0.2) is 31.2 Å². The van der Waals surface area contributed by atoms with Gasteiger partial charge in [-0.1, -0.05) is 0 Å². The summed E-state index contributed by atoms with van der Waals surface area (Å²) in [6.45, 7) is 1.66. The molecule has 1 unspecified atom stereocenters. The third-order valence-corrected chi connectivity index (χ3v) is 2.08. The van der Waals surface area contributed by atoms with E-state index in [2.05, 4.69) is 0 Å². The first kappa shape index (κ1) is 11.2. The second-order valence-electron chi connectivity index (χ2n) is 3.47. The van der Waals surface area contributed by atoms with Crippen molar-refractivity contribution in [3.05, 3.63) is 24.2 Å². The van der Waals surface area contributed by atoms with Gasteiger partial charge in [0.1, 0.15) is 5.60 Å². The molecule has 0 aliphatic heterocycles. The van der Waals surface area contributed by atoms with Gasteiger partial charge in [0.05, 0.1) is 12.5 Å². The fourth-order valence-electron chi connectivity index (χ4n) is 1.49. The minimum absolute atomic E-state index is 0.426. The Bertz CT molecular complexity index is 249. The minimum Gasteiger partial charge on any atom is -0.472 e. The van der Waals surface area contributed by atoms with Crippen molar-refractivity contribution in [2.75, 3.05) is 14.2 Å². The van der Waals surface area contributed by atoms with Crippen LogP contribution in [0.2, 0.25) is 0 Å². The number of ether oxygens (including phenoxy) is 2. The van der Waals surface area contributed by atoms with E-state index in [1.807, 2.05) is 0 Å². The Morgan fingerprint density at radius 1 is 1.50 bits per heavy atom. The van der Waals surface area contributed by atoms with Gasteiger partial charge in [0.15, 0.2) is 6.29 Å². The molecule has 0 fully saturated rings. The van der Waals surface area contributed by atoms with Crippen molar-refractivity contribution in [3.8, 4) is 0 Å². The van der Waals surface area contributed by atoms with Gasteiger partial charge in [-0.05, 0) is 18.6 Å². The van der Waals surface area contributed by atoms with Crippen LogP contribution in [0.15, 0.2) is 23.0 Å². The maximum atomic E-state index is 10.1. The Labute approximate surface area is 83.4 Å². The maximum Gasteiger partial charge on any atom is 0.185 e. The van der Waals surface area contributed by atoms with Crippen molar-refractivity contribution in [2.24, 2.45) is 0 Å². The predicted molar refractivity (Wildman–Crippen MR) is 50.8 cm³/mol. The molecule has 1 N–H and O–H groups in total. The van der Waals surface area contributed by atoms with Crippen molar-refractivity contribution in [1.29, 1.82) is 0 Å². The SMILES string of the molecule is COC(OC)C(C)(O)Cc1ccoc1. The number of hydrogen-bond acceptors (Lipinski definition) is 4. The fraction of sp³-hybridized carbons (Fsp3) is 0.600. The van der Waals surface area contributed by atoms with Gasteiger partial charge in [-0.3, -0.25) is 0 Å². The third kappa shape index (κ3) is 2.57. The fourth-order valence-corrected chi connectivity index (χ4v) is 1.49. The van der Waals surface area contributed by atoms with E-state index in [0.717, 1.165) is 5.56 Å². The van der Waals surface area contributed by atoms with Gasteiger partial charge in [0.25, 0.3) is 0 Å². The number of rotatable bonds is 5. The lowest BCUT2D eigenvalue weighted by Crippen LogP contribution is -2.43. The smallest absolute Gasteiger partial charge is 0.185 e. The van der Waals surface area contributed by atoms with E-state index >= 15 is 0 Å². The van der Waals surface area contributed by atoms with Gasteiger partial charge in [0.2, 0.25) is 0 Å². The number of methoxy groups -OCH3 is 2. The summed E-state index contributed by atoms with van der Waals surface area (Å²) in [7, 11) is 3.00. The molecule has 14 heavy (non-hydrogen) atoms. The standard InChI is InChI=1S/C10H16O4/c1-10(11,9(12-2)13-3)6-8-4-5-14-7-8/h4-5,7,9,11H,6H2,1-3H3. The molecule has 0 spiro atoms. The lowest BCUT2D eigenvalue weighted by atomic mass is 9.98. The molecule has 1 rings (SSSR count). The molecule has 4 heteroatoms. The normalized spacial score (nSPS) is 15.8. The summed E-state index contributed by atoms with van der Waals surface area (Å²) in [6.07, 6.45) is 2.95. The van der Waals surface area contributed by atoms with E-state index in [9.17, 15) is 5.11 Å². The molecule has 1 aromatic heterocycles. The van der Waals surface area contributed by atoms with Crippen LogP contribution in [0, 0.1) is 0 Å². The molecule has 0 aromatic carbocycles. The zero-order valence-corrected chi connectivity index (χ0v) is 8.69. The quantitative estimate of drug-likeness (QED) is 0.725. The minimum atomic E-state index is -1.06. The Hall–Kier alpha value is -0.840. The van der Waals surface area contributed by atoms with Crippen molar-refractivity contribution < 1.29 is 19.0 Å². The van der Waals surface area contributed by atoms with E-state index in [-0.39, 0.29) is 0 Å². The number of aliphatic hydroxyl groups is 1. The second-order valence-corrected chi connectivity index (χ2v) is 3.47. The molecular formula is C10H16O4. The molecule has 0 aliphatic carbocycles. The molecular weight excluding hydrogens is 184 g/mol. The largest absolute Gasteiger partial charge is 0.472 e. The Kier molecular flexibility index (Phi) is 3.69. The zero-order valence-electron chi connectivity index (χ0n) is 8.69. The van der Waals surface area contributed by atoms with Crippen molar-refractivity contribution in [3.63, 3.8) is 0 Å². The molecule has 80 valence electrons. The summed E-state index contributed by atoms with van der Waals surface area (Å²) in [5.74, 6) is 0. The van der Waals surface area contributed by atoms with Crippen molar-refractivity contribution in [2.45, 2.75) is 25.2 Å². The Morgan fingerprint density at radius 3 is 2.57 bits per heavy atom. The van der Waals surface area contributed by atoms with Crippen molar-refractivity contribution >= 4 is 0 Å². The van der Waals surface area contributed by atoms with Gasteiger partial charge >= 0.3 is 0 Å². The third-order valence-electron chi connectivity index (χ3n) is 2.08. The summed E-state index contributed by atoms with van der Waals surface area (Å²) < 4.78 is 14.9. The van der Waals surface area contributed by atoms with Gasteiger partial charge in [-0.15, -0.1) is 0 Å². The highest BCUT2D eigenvalue weighted by molar-refractivity contribution is 5.09. The lowest BCUT2D eigenvalue weighted by Gasteiger charge is -2.30. The van der Waals surface area contributed by atoms with E-state index in [4.69, 9.17) is 13.9 Å². The van der Waals surface area contributed by atoms with E-state index in [1.54, 1.807) is 25.5 Å². The average molecular weight is 200 g/mol. The molecule has 4 nitrogen and oxygen atoms in total. The Morgan fingerprint density at radius 2 is 2.14 bits per heavy atom. The molecule has 1 aromatic rings. The zero-order chi connectivity index (χ0) is 10.6. The predicted octanol–water partition coefficient (Wildman–Crippen LogP) is 1.19. The summed E-state index contributed by atoms with van der Waals surface area (Å²) in [5, 5.41) is 10.1. The molecule has 0 radical (unpaired) electrons. The van der Waals surface area contributed by atoms with Crippen LogP contribution in [0.4, 0.5) is 0 Å². The molecule has 0 bridgehead atoms. The number of furan rings is 1. The molecule has 0 saturated heterocycles. The maximum absolute atomic E-state index is 10.1. The Balaban J connectivity index is 2.65. The first-order valence-electron chi connectivity index (χ1n) is 4.39. The first-order chi connectivity index (χ1) is 6.60. The van der Waals surface area contributed by atoms with Crippen LogP contribution in [0.3, 0.4) is 0 Å². The molecule has 0 amide bonds. The monoisotopic (exact) mass is 200 g/mol. The summed E-state index contributed by atoms with van der Waals surface area (Å²) in [4.78, 5) is 0. The lowest BCUT2D eigenvalue weighted by molar-refractivity contribution is -0.207. The van der Waals surface area contributed by atoms with Crippen molar-refractivity contribution in [1.82, 2.24) is 0 Å². The van der Waals surface area contributed by atoms with Gasteiger partial charge < -0.3 is 19.0 Å². The highest BCUT2D eigenvalue weighted by Crippen LogP contribution is 2.19. The van der Waals surface area contributed by atoms with Crippen LogP contribution in [0.5, 0.6) is 0 Å². The van der Waals surface area contributed by atoms with E-state index in [1.165, 1.54) is 14.2 Å². The van der Waals surface area contributed by atoms with E-state index in [0.29, 0.717) is 6.42 Å². The van der Waals surface area contributed by atoms with Crippen LogP contribution >= 0.6 is 0 Å². The van der Waals surface area contributed by atoms with Gasteiger partial charge in [0, 0.05) is 20.6 Å². The first-order valence-corrected chi connectivity index (χ1v) is 4.39. The van der Waals surface area contributed by atoms with Crippen LogP contribution in [0.1, 0.15) is 12.5 Å². The average Bonchev–Trinajstić information content (AvgIpc) is 2.57. The van der Waals surface area contributed by atoms with E-state index < -0.39 is 11.9 Å². The molecule has 0 saturated carbocycles. The highest BCUT2D eigenvalue weighted by atomic mass is 16.7. The van der Waals surface area contributed by atoms with Gasteiger partial charge in [-0.2, -0.15) is 0 Å². The highest BCUT2D eigenvalue weighted by Gasteiger charge is 2.32. The van der Waals surface area contributed by atoms with Crippen LogP contribution in [-0.2, 0) is 15.9 Å².